The van der Waals surface area contributed by atoms with Gasteiger partial charge in [0, 0.05) is 12.1 Å². The van der Waals surface area contributed by atoms with Crippen LogP contribution in [-0.2, 0) is 15.1 Å². The van der Waals surface area contributed by atoms with Crippen LogP contribution in [0.2, 0.25) is 0 Å². The van der Waals surface area contributed by atoms with Crippen molar-refractivity contribution in [1.82, 2.24) is 15.1 Å². The second kappa shape index (κ2) is 7.16. The molecule has 1 fully saturated rings. The molecule has 0 bridgehead atoms. The summed E-state index contributed by atoms with van der Waals surface area (Å²) >= 11 is 0. The van der Waals surface area contributed by atoms with Gasteiger partial charge in [-0.25, -0.2) is 4.79 Å². The van der Waals surface area contributed by atoms with Gasteiger partial charge in [-0.15, -0.1) is 0 Å². The SMILES string of the molecule is CC(C)N(C(=O)CN1C(=O)N[C@@](C)(c2ccc(C#N)cc2)C1=O)C(C)C. The molecule has 0 aromatic heterocycles. The van der Waals surface area contributed by atoms with Gasteiger partial charge in [0.1, 0.15) is 12.1 Å². The molecule has 0 unspecified atom stereocenters. The second-order valence-corrected chi connectivity index (χ2v) is 7.12. The first-order valence-electron chi connectivity index (χ1n) is 8.57. The summed E-state index contributed by atoms with van der Waals surface area (Å²) in [6, 6.07) is 7.80. The summed E-state index contributed by atoms with van der Waals surface area (Å²) in [7, 11) is 0. The number of urea groups is 1. The minimum absolute atomic E-state index is 0.0341. The highest BCUT2D eigenvalue weighted by Crippen LogP contribution is 2.29. The van der Waals surface area contributed by atoms with Crippen molar-refractivity contribution >= 4 is 17.8 Å². The molecule has 1 aliphatic rings. The van der Waals surface area contributed by atoms with E-state index in [9.17, 15) is 14.4 Å². The third-order valence-electron chi connectivity index (χ3n) is 4.56. The Labute approximate surface area is 153 Å². The Morgan fingerprint density at radius 3 is 2.19 bits per heavy atom. The van der Waals surface area contributed by atoms with Crippen LogP contribution in [0.15, 0.2) is 24.3 Å². The lowest BCUT2D eigenvalue weighted by molar-refractivity contribution is -0.141. The molecule has 26 heavy (non-hydrogen) atoms. The number of carbonyl (C=O) groups excluding carboxylic acids is 3. The van der Waals surface area contributed by atoms with Crippen molar-refractivity contribution in [2.45, 2.75) is 52.2 Å². The fourth-order valence-corrected chi connectivity index (χ4v) is 3.30. The number of amides is 4. The molecular formula is C19H24N4O3. The van der Waals surface area contributed by atoms with Gasteiger partial charge in [0.2, 0.25) is 5.91 Å². The lowest BCUT2D eigenvalue weighted by Crippen LogP contribution is -2.49. The van der Waals surface area contributed by atoms with Crippen LogP contribution >= 0.6 is 0 Å². The average Bonchev–Trinajstić information content (AvgIpc) is 2.78. The highest BCUT2D eigenvalue weighted by Gasteiger charge is 2.49. The molecule has 0 radical (unpaired) electrons. The van der Waals surface area contributed by atoms with Crippen molar-refractivity contribution in [2.24, 2.45) is 0 Å². The minimum Gasteiger partial charge on any atom is -0.336 e. The number of hydrogen-bond acceptors (Lipinski definition) is 4. The number of hydrogen-bond donors (Lipinski definition) is 1. The fraction of sp³-hybridized carbons (Fsp3) is 0.474. The molecule has 1 aliphatic heterocycles. The molecule has 1 heterocycles. The number of benzene rings is 1. The lowest BCUT2D eigenvalue weighted by atomic mass is 9.91. The van der Waals surface area contributed by atoms with Crippen molar-refractivity contribution in [3.05, 3.63) is 35.4 Å². The quantitative estimate of drug-likeness (QED) is 0.816. The molecular weight excluding hydrogens is 332 g/mol. The molecule has 0 saturated carbocycles. The van der Waals surface area contributed by atoms with Crippen LogP contribution in [0.5, 0.6) is 0 Å². The summed E-state index contributed by atoms with van der Waals surface area (Å²) in [5.41, 5.74) is -0.230. The Balaban J connectivity index is 2.25. The molecule has 2 rings (SSSR count). The zero-order valence-electron chi connectivity index (χ0n) is 15.7. The van der Waals surface area contributed by atoms with E-state index in [0.717, 1.165) is 4.90 Å². The summed E-state index contributed by atoms with van der Waals surface area (Å²) in [5.74, 6) is -0.754. The van der Waals surface area contributed by atoms with Gasteiger partial charge < -0.3 is 10.2 Å². The van der Waals surface area contributed by atoms with E-state index in [2.05, 4.69) is 5.32 Å². The Morgan fingerprint density at radius 1 is 1.19 bits per heavy atom. The molecule has 1 aromatic carbocycles. The average molecular weight is 356 g/mol. The Kier molecular flexibility index (Phi) is 5.36. The summed E-state index contributed by atoms with van der Waals surface area (Å²) in [6.45, 7) is 8.87. The predicted octanol–water partition coefficient (Wildman–Crippen LogP) is 1.97. The first kappa shape index (κ1) is 19.4. The van der Waals surface area contributed by atoms with Gasteiger partial charge in [-0.1, -0.05) is 12.1 Å². The largest absolute Gasteiger partial charge is 0.336 e. The molecule has 0 spiro atoms. The van der Waals surface area contributed by atoms with Crippen LogP contribution < -0.4 is 5.32 Å². The summed E-state index contributed by atoms with van der Waals surface area (Å²) in [4.78, 5) is 40.5. The zero-order chi connectivity index (χ0) is 19.6. The Morgan fingerprint density at radius 2 is 1.73 bits per heavy atom. The van der Waals surface area contributed by atoms with E-state index in [0.29, 0.717) is 11.1 Å². The van der Waals surface area contributed by atoms with Crippen LogP contribution in [0.4, 0.5) is 4.79 Å². The molecule has 7 nitrogen and oxygen atoms in total. The highest BCUT2D eigenvalue weighted by molar-refractivity contribution is 6.09. The number of nitrogens with one attached hydrogen (secondary N) is 1. The number of carbonyl (C=O) groups is 3. The lowest BCUT2D eigenvalue weighted by Gasteiger charge is -2.32. The summed E-state index contributed by atoms with van der Waals surface area (Å²) in [5, 5.41) is 11.6. The number of rotatable bonds is 5. The van der Waals surface area contributed by atoms with E-state index in [1.54, 1.807) is 36.1 Å². The molecule has 138 valence electrons. The van der Waals surface area contributed by atoms with Crippen molar-refractivity contribution in [1.29, 1.82) is 5.26 Å². The Bertz CT molecular complexity index is 756. The van der Waals surface area contributed by atoms with Gasteiger partial charge in [-0.05, 0) is 52.3 Å². The van der Waals surface area contributed by atoms with Gasteiger partial charge in [0.05, 0.1) is 11.6 Å². The maximum atomic E-state index is 12.9. The van der Waals surface area contributed by atoms with Gasteiger partial charge in [0.15, 0.2) is 0 Å². The molecule has 7 heteroatoms. The van der Waals surface area contributed by atoms with Gasteiger partial charge >= 0.3 is 6.03 Å². The van der Waals surface area contributed by atoms with Crippen molar-refractivity contribution in [2.75, 3.05) is 6.54 Å². The summed E-state index contributed by atoms with van der Waals surface area (Å²) < 4.78 is 0. The first-order valence-corrected chi connectivity index (χ1v) is 8.57. The topological polar surface area (TPSA) is 93.5 Å². The molecule has 1 atom stereocenters. The molecule has 1 saturated heterocycles. The normalized spacial score (nSPS) is 19.7. The Hall–Kier alpha value is -2.88. The van der Waals surface area contributed by atoms with Crippen molar-refractivity contribution in [3.63, 3.8) is 0 Å². The van der Waals surface area contributed by atoms with Gasteiger partial charge in [-0.3, -0.25) is 14.5 Å². The van der Waals surface area contributed by atoms with Gasteiger partial charge in [-0.2, -0.15) is 5.26 Å². The standard InChI is InChI=1S/C19H24N4O3/c1-12(2)23(13(3)4)16(24)11-22-17(25)19(5,21-18(22)26)15-8-6-14(10-20)7-9-15/h6-9,12-13H,11H2,1-5H3,(H,21,26)/t19-/m0/s1. The molecule has 4 amide bonds. The molecule has 1 aromatic rings. The van der Waals surface area contributed by atoms with Crippen LogP contribution in [-0.4, -0.2) is 46.3 Å². The monoisotopic (exact) mass is 356 g/mol. The number of nitriles is 1. The highest BCUT2D eigenvalue weighted by atomic mass is 16.2. The van der Waals surface area contributed by atoms with E-state index in [4.69, 9.17) is 5.26 Å². The van der Waals surface area contributed by atoms with Crippen LogP contribution in [0.1, 0.15) is 45.7 Å². The van der Waals surface area contributed by atoms with E-state index >= 15 is 0 Å². The van der Waals surface area contributed by atoms with Crippen molar-refractivity contribution < 1.29 is 14.4 Å². The maximum absolute atomic E-state index is 12.9. The molecule has 0 aliphatic carbocycles. The van der Waals surface area contributed by atoms with Gasteiger partial charge in [0.25, 0.3) is 5.91 Å². The van der Waals surface area contributed by atoms with E-state index in [-0.39, 0.29) is 24.5 Å². The third kappa shape index (κ3) is 3.40. The third-order valence-corrected chi connectivity index (χ3v) is 4.56. The van der Waals surface area contributed by atoms with E-state index in [1.807, 2.05) is 33.8 Å². The zero-order valence-corrected chi connectivity index (χ0v) is 15.7. The number of nitrogens with zero attached hydrogens (tertiary/aromatic N) is 3. The molecule has 1 N–H and O–H groups in total. The minimum atomic E-state index is -1.26. The smallest absolute Gasteiger partial charge is 0.325 e. The van der Waals surface area contributed by atoms with E-state index in [1.165, 1.54) is 0 Å². The second-order valence-electron chi connectivity index (χ2n) is 7.12. The predicted molar refractivity (Wildman–Crippen MR) is 95.9 cm³/mol. The van der Waals surface area contributed by atoms with E-state index < -0.39 is 17.5 Å². The van der Waals surface area contributed by atoms with Crippen LogP contribution in [0, 0.1) is 11.3 Å². The maximum Gasteiger partial charge on any atom is 0.325 e. The number of imide groups is 1. The van der Waals surface area contributed by atoms with Crippen LogP contribution in [0.25, 0.3) is 0 Å². The summed E-state index contributed by atoms with van der Waals surface area (Å²) in [6.07, 6.45) is 0. The van der Waals surface area contributed by atoms with Crippen LogP contribution in [0.3, 0.4) is 0 Å². The fourth-order valence-electron chi connectivity index (χ4n) is 3.30. The van der Waals surface area contributed by atoms with Crippen molar-refractivity contribution in [3.8, 4) is 6.07 Å². The first-order chi connectivity index (χ1) is 12.1.